The lowest BCUT2D eigenvalue weighted by Gasteiger charge is -2.24. The second kappa shape index (κ2) is 19.0. The van der Waals surface area contributed by atoms with Crippen LogP contribution in [0.15, 0.2) is 300 Å². The highest BCUT2D eigenvalue weighted by atomic mass is 16.3. The van der Waals surface area contributed by atoms with Gasteiger partial charge in [0.05, 0.1) is 0 Å². The highest BCUT2D eigenvalue weighted by Gasteiger charge is 2.37. The summed E-state index contributed by atoms with van der Waals surface area (Å²) in [6.07, 6.45) is 0. The van der Waals surface area contributed by atoms with E-state index in [1.807, 2.05) is 0 Å². The molecule has 1 aliphatic carbocycles. The number of hydrogen-bond donors (Lipinski definition) is 0. The van der Waals surface area contributed by atoms with E-state index in [2.05, 4.69) is 305 Å². The van der Waals surface area contributed by atoms with E-state index in [0.717, 1.165) is 33.1 Å². The Balaban J connectivity index is 0.000000137. The fourth-order valence-electron chi connectivity index (χ4n) is 15.2. The minimum atomic E-state index is -0.113. The summed E-state index contributed by atoms with van der Waals surface area (Å²) >= 11 is 0. The maximum Gasteiger partial charge on any atom is 0.136 e. The van der Waals surface area contributed by atoms with Crippen molar-refractivity contribution >= 4 is 119 Å². The second-order valence-corrected chi connectivity index (χ2v) is 24.1. The van der Waals surface area contributed by atoms with Crippen molar-refractivity contribution in [3.05, 3.63) is 302 Å². The van der Waals surface area contributed by atoms with E-state index in [0.29, 0.717) is 0 Å². The van der Waals surface area contributed by atoms with E-state index >= 15 is 0 Å². The Morgan fingerprint density at radius 1 is 0.218 bits per heavy atom. The largest absolute Gasteiger partial charge is 0.456 e. The predicted molar refractivity (Wildman–Crippen MR) is 369 cm³/mol. The molecule has 2 aromatic heterocycles. The molecule has 1 aliphatic rings. The molecule has 87 heavy (non-hydrogen) atoms. The number of furan rings is 2. The molecule has 0 unspecified atom stereocenters. The normalized spacial score (nSPS) is 12.8. The molecule has 0 bridgehead atoms. The van der Waals surface area contributed by atoms with E-state index in [9.17, 15) is 0 Å². The Kier molecular flexibility index (Phi) is 10.8. The van der Waals surface area contributed by atoms with Gasteiger partial charge in [0.2, 0.25) is 0 Å². The van der Waals surface area contributed by atoms with Gasteiger partial charge in [-0.15, -0.1) is 0 Å². The van der Waals surface area contributed by atoms with Crippen molar-refractivity contribution in [2.45, 2.75) is 19.3 Å². The van der Waals surface area contributed by atoms with Gasteiger partial charge in [-0.1, -0.05) is 263 Å². The molecule has 0 fully saturated rings. The summed E-state index contributed by atoms with van der Waals surface area (Å²) in [5, 5.41) is 22.1. The number of hydrogen-bond acceptors (Lipinski definition) is 2. The third-order valence-corrected chi connectivity index (χ3v) is 19.0. The van der Waals surface area contributed by atoms with Crippen molar-refractivity contribution < 1.29 is 8.83 Å². The minimum absolute atomic E-state index is 0.113. The smallest absolute Gasteiger partial charge is 0.136 e. The Morgan fingerprint density at radius 3 is 1.02 bits per heavy atom. The molecule has 2 nitrogen and oxygen atoms in total. The highest BCUT2D eigenvalue weighted by molar-refractivity contribution is 6.29. The lowest BCUT2D eigenvalue weighted by Crippen LogP contribution is -2.15. The van der Waals surface area contributed by atoms with Crippen molar-refractivity contribution in [2.24, 2.45) is 0 Å². The van der Waals surface area contributed by atoms with Gasteiger partial charge in [0.25, 0.3) is 0 Å². The molecule has 0 spiro atoms. The van der Waals surface area contributed by atoms with Crippen LogP contribution in [0.25, 0.3) is 175 Å². The Hall–Kier alpha value is -11.1. The molecule has 0 amide bonds. The third-order valence-electron chi connectivity index (χ3n) is 19.0. The molecule has 18 aromatic rings. The maximum absolute atomic E-state index is 6.58. The highest BCUT2D eigenvalue weighted by Crippen LogP contribution is 2.56. The molecular weight excluding hydrogens is 1050 g/mol. The molecule has 0 N–H and O–H groups in total. The van der Waals surface area contributed by atoms with Crippen LogP contribution in [0.1, 0.15) is 25.0 Å². The van der Waals surface area contributed by atoms with Gasteiger partial charge in [-0.2, -0.15) is 0 Å². The first kappa shape index (κ1) is 49.4. The van der Waals surface area contributed by atoms with Gasteiger partial charge < -0.3 is 8.83 Å². The third kappa shape index (κ3) is 7.35. The van der Waals surface area contributed by atoms with Crippen LogP contribution in [0.4, 0.5) is 0 Å². The average Bonchev–Trinajstić information content (AvgIpc) is 1.80. The van der Waals surface area contributed by atoms with E-state index in [-0.39, 0.29) is 5.41 Å². The molecule has 16 aromatic carbocycles. The van der Waals surface area contributed by atoms with Gasteiger partial charge in [-0.3, -0.25) is 0 Å². The zero-order valence-electron chi connectivity index (χ0n) is 48.0. The van der Waals surface area contributed by atoms with Crippen LogP contribution in [0, 0.1) is 0 Å². The van der Waals surface area contributed by atoms with Crippen molar-refractivity contribution in [2.75, 3.05) is 0 Å². The summed E-state index contributed by atoms with van der Waals surface area (Å²) in [6, 6.07) is 106. The van der Waals surface area contributed by atoms with Crippen LogP contribution in [-0.4, -0.2) is 0 Å². The molecule has 0 atom stereocenters. The SMILES string of the molecule is CC1(C)c2ccccc2-c2c1cc(-c1c3ccccc3c(-c3cccc4oc5cc6ccccc6cc5c34)c3ccccc13)c1ccccc21.c1ccc(-c2c3ccccc3c(-c3cccc4oc5cc6ccccc6cc5c34)c3ccccc23)cc1. The second-order valence-electron chi connectivity index (χ2n) is 24.1. The van der Waals surface area contributed by atoms with E-state index in [1.54, 1.807) is 0 Å². The maximum atomic E-state index is 6.58. The number of benzene rings is 16. The zero-order chi connectivity index (χ0) is 57.5. The molecule has 0 radical (unpaired) electrons. The van der Waals surface area contributed by atoms with Gasteiger partial charge >= 0.3 is 0 Å². The Morgan fingerprint density at radius 2 is 0.563 bits per heavy atom. The molecule has 2 heterocycles. The zero-order valence-corrected chi connectivity index (χ0v) is 48.0. The molecular formula is C85H54O2. The first-order valence-corrected chi connectivity index (χ1v) is 30.2. The topological polar surface area (TPSA) is 26.3 Å². The van der Waals surface area contributed by atoms with E-state index in [4.69, 9.17) is 8.83 Å². The number of fused-ring (bicyclic) bond motifs is 17. The summed E-state index contributed by atoms with van der Waals surface area (Å²) in [7, 11) is 0. The van der Waals surface area contributed by atoms with E-state index in [1.165, 1.54) is 153 Å². The monoisotopic (exact) mass is 1110 g/mol. The lowest BCUT2D eigenvalue weighted by atomic mass is 9.79. The molecule has 0 saturated heterocycles. The molecule has 2 heteroatoms. The average molecular weight is 1110 g/mol. The molecule has 0 aliphatic heterocycles. The van der Waals surface area contributed by atoms with Crippen molar-refractivity contribution in [1.29, 1.82) is 0 Å². The van der Waals surface area contributed by atoms with Crippen molar-refractivity contribution in [3.8, 4) is 55.6 Å². The van der Waals surface area contributed by atoms with Gasteiger partial charge in [0.1, 0.15) is 22.3 Å². The van der Waals surface area contributed by atoms with Gasteiger partial charge in [-0.05, 0) is 185 Å². The first-order valence-electron chi connectivity index (χ1n) is 30.2. The fraction of sp³-hybridized carbons (Fsp3) is 0.0353. The molecule has 19 rings (SSSR count). The fourth-order valence-corrected chi connectivity index (χ4v) is 15.2. The van der Waals surface area contributed by atoms with Crippen LogP contribution in [0.3, 0.4) is 0 Å². The van der Waals surface area contributed by atoms with Crippen molar-refractivity contribution in [1.82, 2.24) is 0 Å². The van der Waals surface area contributed by atoms with Crippen LogP contribution < -0.4 is 0 Å². The summed E-state index contributed by atoms with van der Waals surface area (Å²) < 4.78 is 13.0. The van der Waals surface area contributed by atoms with Crippen molar-refractivity contribution in [3.63, 3.8) is 0 Å². The molecule has 0 saturated carbocycles. The summed E-state index contributed by atoms with van der Waals surface area (Å²) in [6.45, 7) is 4.77. The first-order chi connectivity index (χ1) is 42.9. The van der Waals surface area contributed by atoms with Gasteiger partial charge in [0, 0.05) is 27.0 Å². The Labute approximate surface area is 502 Å². The standard InChI is InChI=1S/C49H32O.C36H22O/c1-49(2)41-24-12-11-22-37(41)47-32-17-6-5-16-31(32)39(28-42(47)49)46-35-20-9-7-18-33(35)45(34-19-8-10-21-36(34)46)38-23-13-25-43-48(38)40-26-29-14-3-4-15-30(29)27-44(40)50-43;1-2-11-23(12-3-1)34-26-15-6-8-17-28(26)35(29-18-9-7-16-27(29)34)30-19-10-20-32-36(30)31-21-24-13-4-5-14-25(24)22-33(31)37-32/h3-28H,1-2H3;1-22H. The van der Waals surface area contributed by atoms with Crippen LogP contribution in [0.5, 0.6) is 0 Å². The Bertz CT molecular complexity index is 5800. The van der Waals surface area contributed by atoms with Gasteiger partial charge in [-0.25, -0.2) is 0 Å². The summed E-state index contributed by atoms with van der Waals surface area (Å²) in [5.41, 5.74) is 19.1. The quantitative estimate of drug-likeness (QED) is 0.164. The van der Waals surface area contributed by atoms with Crippen LogP contribution in [-0.2, 0) is 5.41 Å². The summed E-state index contributed by atoms with van der Waals surface area (Å²) in [5.74, 6) is 0. The molecule has 406 valence electrons. The lowest BCUT2D eigenvalue weighted by molar-refractivity contribution is 0.661. The van der Waals surface area contributed by atoms with Crippen LogP contribution in [0.2, 0.25) is 0 Å². The van der Waals surface area contributed by atoms with E-state index < -0.39 is 0 Å². The summed E-state index contributed by atoms with van der Waals surface area (Å²) in [4.78, 5) is 0. The number of rotatable bonds is 4. The van der Waals surface area contributed by atoms with Gasteiger partial charge in [0.15, 0.2) is 0 Å². The predicted octanol–water partition coefficient (Wildman–Crippen LogP) is 24.2. The minimum Gasteiger partial charge on any atom is -0.456 e. The van der Waals surface area contributed by atoms with Crippen LogP contribution >= 0.6 is 0 Å².